The van der Waals surface area contributed by atoms with Gasteiger partial charge in [-0.2, -0.15) is 5.26 Å². The van der Waals surface area contributed by atoms with Gasteiger partial charge >= 0.3 is 0 Å². The van der Waals surface area contributed by atoms with Crippen LogP contribution in [0.25, 0.3) is 11.3 Å². The number of nitrogens with zero attached hydrogens (tertiary/aromatic N) is 6. The Hall–Kier alpha value is -3.84. The molecule has 0 fully saturated rings. The van der Waals surface area contributed by atoms with E-state index < -0.39 is 11.9 Å². The Bertz CT molecular complexity index is 1320. The van der Waals surface area contributed by atoms with Crippen molar-refractivity contribution in [3.63, 3.8) is 0 Å². The van der Waals surface area contributed by atoms with Crippen LogP contribution < -0.4 is 10.5 Å². The first-order valence-electron chi connectivity index (χ1n) is 9.54. The number of benzene rings is 1. The van der Waals surface area contributed by atoms with Crippen LogP contribution in [0.15, 0.2) is 59.9 Å². The highest BCUT2D eigenvalue weighted by molar-refractivity contribution is 9.10. The lowest BCUT2D eigenvalue weighted by Crippen LogP contribution is -2.10. The van der Waals surface area contributed by atoms with Crippen molar-refractivity contribution in [3.8, 4) is 23.1 Å². The molecular formula is C22H17BrFN7O. The molecule has 0 saturated heterocycles. The number of nitrogen functional groups attached to an aromatic ring is 1. The molecule has 4 aromatic rings. The maximum atomic E-state index is 14.2. The fourth-order valence-corrected chi connectivity index (χ4v) is 3.56. The van der Waals surface area contributed by atoms with Crippen molar-refractivity contribution in [2.24, 2.45) is 0 Å². The Balaban J connectivity index is 1.72. The van der Waals surface area contributed by atoms with Gasteiger partial charge in [-0.1, -0.05) is 0 Å². The van der Waals surface area contributed by atoms with Crippen LogP contribution in [-0.2, 0) is 6.54 Å². The van der Waals surface area contributed by atoms with E-state index in [4.69, 9.17) is 15.7 Å². The maximum Gasteiger partial charge on any atom is 0.166 e. The molecular weight excluding hydrogens is 477 g/mol. The molecule has 3 aromatic heterocycles. The summed E-state index contributed by atoms with van der Waals surface area (Å²) in [6.45, 7) is 2.14. The van der Waals surface area contributed by atoms with E-state index in [1.54, 1.807) is 54.7 Å². The van der Waals surface area contributed by atoms with Crippen LogP contribution in [0.2, 0.25) is 0 Å². The lowest BCUT2D eigenvalue weighted by Gasteiger charge is -2.20. The van der Waals surface area contributed by atoms with E-state index in [0.29, 0.717) is 45.0 Å². The fourth-order valence-electron chi connectivity index (χ4n) is 3.25. The molecule has 0 amide bonds. The molecule has 10 heteroatoms. The Labute approximate surface area is 191 Å². The van der Waals surface area contributed by atoms with E-state index in [2.05, 4.69) is 35.9 Å². The smallest absolute Gasteiger partial charge is 0.166 e. The summed E-state index contributed by atoms with van der Waals surface area (Å²) >= 11 is 3.35. The van der Waals surface area contributed by atoms with Gasteiger partial charge in [0.1, 0.15) is 18.0 Å². The van der Waals surface area contributed by atoms with Gasteiger partial charge in [0.15, 0.2) is 17.3 Å². The topological polar surface area (TPSA) is 116 Å². The molecule has 0 aliphatic heterocycles. The Morgan fingerprint density at radius 1 is 1.22 bits per heavy atom. The van der Waals surface area contributed by atoms with Crippen LogP contribution in [0.3, 0.4) is 0 Å². The zero-order valence-corrected chi connectivity index (χ0v) is 18.5. The third-order valence-corrected chi connectivity index (χ3v) is 5.15. The van der Waals surface area contributed by atoms with Crippen LogP contribution in [0.5, 0.6) is 5.75 Å². The van der Waals surface area contributed by atoms with Crippen LogP contribution in [0.4, 0.5) is 10.2 Å². The average molecular weight is 494 g/mol. The summed E-state index contributed by atoms with van der Waals surface area (Å²) < 4.78 is 22.7. The summed E-state index contributed by atoms with van der Waals surface area (Å²) in [5, 5.41) is 9.01. The molecule has 32 heavy (non-hydrogen) atoms. The third-order valence-electron chi connectivity index (χ3n) is 4.71. The molecule has 0 unspecified atom stereocenters. The van der Waals surface area contributed by atoms with Crippen LogP contribution >= 0.6 is 15.9 Å². The predicted molar refractivity (Wildman–Crippen MR) is 119 cm³/mol. The molecule has 0 bridgehead atoms. The zero-order valence-electron chi connectivity index (χ0n) is 16.9. The number of pyridine rings is 1. The molecule has 8 nitrogen and oxygen atoms in total. The molecule has 3 heterocycles. The molecule has 0 aliphatic carbocycles. The average Bonchev–Trinajstić information content (AvgIpc) is 3.24. The van der Waals surface area contributed by atoms with Gasteiger partial charge in [0, 0.05) is 40.4 Å². The molecule has 4 rings (SSSR count). The van der Waals surface area contributed by atoms with E-state index in [1.807, 2.05) is 6.07 Å². The first-order valence-corrected chi connectivity index (χ1v) is 10.3. The van der Waals surface area contributed by atoms with Gasteiger partial charge in [0.05, 0.1) is 24.3 Å². The quantitative estimate of drug-likeness (QED) is 0.426. The van der Waals surface area contributed by atoms with Gasteiger partial charge in [0.25, 0.3) is 0 Å². The van der Waals surface area contributed by atoms with E-state index in [9.17, 15) is 4.39 Å². The maximum absolute atomic E-state index is 14.2. The molecule has 1 atom stereocenters. The Kier molecular flexibility index (Phi) is 6.09. The van der Waals surface area contributed by atoms with Crippen molar-refractivity contribution in [3.05, 3.63) is 82.6 Å². The highest BCUT2D eigenvalue weighted by atomic mass is 79.9. The van der Waals surface area contributed by atoms with E-state index in [0.717, 1.165) is 0 Å². The number of imidazole rings is 1. The number of ether oxygens (including phenoxy) is 1. The van der Waals surface area contributed by atoms with E-state index >= 15 is 0 Å². The Morgan fingerprint density at radius 3 is 2.81 bits per heavy atom. The van der Waals surface area contributed by atoms with Crippen molar-refractivity contribution < 1.29 is 9.13 Å². The molecule has 0 spiro atoms. The van der Waals surface area contributed by atoms with Gasteiger partial charge in [0.2, 0.25) is 0 Å². The van der Waals surface area contributed by atoms with Crippen molar-refractivity contribution >= 4 is 21.7 Å². The minimum Gasteiger partial charge on any atom is -0.482 e. The molecule has 1 aromatic carbocycles. The number of hydrogen-bond acceptors (Lipinski definition) is 7. The summed E-state index contributed by atoms with van der Waals surface area (Å²) in [5.74, 6) is 0.203. The summed E-state index contributed by atoms with van der Waals surface area (Å²) in [4.78, 5) is 17.0. The SMILES string of the molecule is C[C@@H](Oc1cc(Br)cnc1N)c1cc(F)ccc1-c1nccnc1Cn1cnc(C#N)c1. The van der Waals surface area contributed by atoms with Crippen molar-refractivity contribution in [2.75, 3.05) is 5.73 Å². The van der Waals surface area contributed by atoms with E-state index in [1.165, 1.54) is 12.1 Å². The lowest BCUT2D eigenvalue weighted by atomic mass is 9.98. The van der Waals surface area contributed by atoms with Crippen LogP contribution in [-0.4, -0.2) is 24.5 Å². The highest BCUT2D eigenvalue weighted by Crippen LogP contribution is 2.34. The molecule has 160 valence electrons. The molecule has 0 aliphatic rings. The zero-order chi connectivity index (χ0) is 22.7. The Morgan fingerprint density at radius 2 is 2.03 bits per heavy atom. The van der Waals surface area contributed by atoms with Crippen molar-refractivity contribution in [1.29, 1.82) is 5.26 Å². The van der Waals surface area contributed by atoms with Crippen LogP contribution in [0, 0.1) is 17.1 Å². The van der Waals surface area contributed by atoms with Gasteiger partial charge in [-0.3, -0.25) is 9.97 Å². The minimum atomic E-state index is -0.563. The first-order chi connectivity index (χ1) is 15.4. The number of hydrogen-bond donors (Lipinski definition) is 1. The second-order valence-corrected chi connectivity index (χ2v) is 7.84. The number of rotatable bonds is 6. The lowest BCUT2D eigenvalue weighted by molar-refractivity contribution is 0.227. The monoisotopic (exact) mass is 493 g/mol. The van der Waals surface area contributed by atoms with Gasteiger partial charge in [-0.05, 0) is 47.1 Å². The summed E-state index contributed by atoms with van der Waals surface area (Å²) in [7, 11) is 0. The number of nitrogens with two attached hydrogens (primary N) is 1. The molecule has 0 saturated carbocycles. The fraction of sp³-hybridized carbons (Fsp3) is 0.136. The highest BCUT2D eigenvalue weighted by Gasteiger charge is 2.20. The van der Waals surface area contributed by atoms with Crippen molar-refractivity contribution in [2.45, 2.75) is 19.6 Å². The summed E-state index contributed by atoms with van der Waals surface area (Å²) in [6.07, 6.45) is 7.34. The first kappa shape index (κ1) is 21.4. The number of anilines is 1. The predicted octanol–water partition coefficient (Wildman–Crippen LogP) is 4.28. The van der Waals surface area contributed by atoms with Crippen molar-refractivity contribution in [1.82, 2.24) is 24.5 Å². The van der Waals surface area contributed by atoms with E-state index in [-0.39, 0.29) is 5.82 Å². The van der Waals surface area contributed by atoms with Gasteiger partial charge in [-0.25, -0.2) is 14.4 Å². The second-order valence-electron chi connectivity index (χ2n) is 6.92. The van der Waals surface area contributed by atoms with Gasteiger partial charge < -0.3 is 15.0 Å². The van der Waals surface area contributed by atoms with Crippen LogP contribution in [0.1, 0.15) is 30.0 Å². The summed E-state index contributed by atoms with van der Waals surface area (Å²) in [6, 6.07) is 8.12. The second kappa shape index (κ2) is 9.11. The summed E-state index contributed by atoms with van der Waals surface area (Å²) in [5.41, 5.74) is 8.70. The van der Waals surface area contributed by atoms with Gasteiger partial charge in [-0.15, -0.1) is 0 Å². The largest absolute Gasteiger partial charge is 0.482 e. The standard InChI is InChI=1S/C22H17BrFN7O/c1-13(32-20-6-14(23)9-29-22(20)26)18-7-15(24)2-3-17(18)21-19(27-4-5-28-21)11-31-10-16(8-25)30-12-31/h2-7,9-10,12-13H,11H2,1H3,(H2,26,29)/t13-/m1/s1. The molecule has 2 N–H and O–H groups in total. The number of aromatic nitrogens is 5. The third kappa shape index (κ3) is 4.58. The minimum absolute atomic E-state index is 0.228. The molecule has 0 radical (unpaired) electrons. The number of nitriles is 1. The normalized spacial score (nSPS) is 11.7. The number of halogens is 2.